The molecule has 0 fully saturated rings. The first-order valence-electron chi connectivity index (χ1n) is 13.0. The van der Waals surface area contributed by atoms with Crippen LogP contribution in [0.5, 0.6) is 5.75 Å². The molecule has 1 amide bonds. The van der Waals surface area contributed by atoms with Crippen molar-refractivity contribution in [2.75, 3.05) is 18.9 Å². The highest BCUT2D eigenvalue weighted by Crippen LogP contribution is 2.33. The van der Waals surface area contributed by atoms with E-state index in [1.54, 1.807) is 23.9 Å². The van der Waals surface area contributed by atoms with E-state index < -0.39 is 10.7 Å². The number of carbonyl (C=O) groups is 2. The lowest BCUT2D eigenvalue weighted by Crippen LogP contribution is -2.45. The molecule has 198 valence electrons. The summed E-state index contributed by atoms with van der Waals surface area (Å²) < 4.78 is 4.69. The van der Waals surface area contributed by atoms with Gasteiger partial charge in [0.25, 0.3) is 0 Å². The van der Waals surface area contributed by atoms with Crippen LogP contribution in [0.3, 0.4) is 0 Å². The number of carbonyl (C=O) groups excluding carboxylic acids is 2. The third-order valence-corrected chi connectivity index (χ3v) is 7.44. The normalized spacial score (nSPS) is 12.3. The summed E-state index contributed by atoms with van der Waals surface area (Å²) in [6.45, 7) is 6.49. The molecular weight excluding hydrogens is 470 g/mol. The van der Waals surface area contributed by atoms with E-state index in [9.17, 15) is 14.7 Å². The molecule has 0 unspecified atom stereocenters. The molecule has 6 heteroatoms. The fourth-order valence-corrected chi connectivity index (χ4v) is 4.71. The smallest absolute Gasteiger partial charge is 0.341 e. The van der Waals surface area contributed by atoms with E-state index in [-0.39, 0.29) is 30.4 Å². The Morgan fingerprint density at radius 3 is 2.08 bits per heavy atom. The minimum absolute atomic E-state index is 0.0266. The van der Waals surface area contributed by atoms with Gasteiger partial charge >= 0.3 is 5.97 Å². The summed E-state index contributed by atoms with van der Waals surface area (Å²) in [5.41, 5.74) is 0.117. The Kier molecular flexibility index (Phi) is 16.9. The second kappa shape index (κ2) is 19.5. The molecule has 0 atom stereocenters. The number of hydrogen-bond donors (Lipinski definition) is 2. The Morgan fingerprint density at radius 2 is 1.50 bits per heavy atom. The maximum atomic E-state index is 12.9. The van der Waals surface area contributed by atoms with Crippen LogP contribution in [0.15, 0.2) is 72.9 Å². The van der Waals surface area contributed by atoms with Gasteiger partial charge in [0.05, 0.1) is 11.3 Å². The monoisotopic (exact) mass is 513 g/mol. The van der Waals surface area contributed by atoms with Crippen LogP contribution >= 0.6 is 11.8 Å². The summed E-state index contributed by atoms with van der Waals surface area (Å²) in [5, 5.41) is 12.6. The highest BCUT2D eigenvalue weighted by Gasteiger charge is 2.34. The van der Waals surface area contributed by atoms with Crippen molar-refractivity contribution in [2.45, 2.75) is 70.5 Å². The average Bonchev–Trinajstić information content (AvgIpc) is 2.89. The van der Waals surface area contributed by atoms with Crippen LogP contribution in [0.2, 0.25) is 0 Å². The number of allylic oxidation sites excluding steroid dienone is 8. The summed E-state index contributed by atoms with van der Waals surface area (Å²) in [4.78, 5) is 25.0. The third kappa shape index (κ3) is 12.3. The molecule has 0 aliphatic rings. The van der Waals surface area contributed by atoms with Crippen molar-refractivity contribution in [1.29, 1.82) is 0 Å². The maximum Gasteiger partial charge on any atom is 0.341 e. The number of para-hydroxylation sites is 1. The van der Waals surface area contributed by atoms with Crippen LogP contribution in [0.1, 0.15) is 76.1 Å². The number of nitrogens with one attached hydrogen (secondary N) is 1. The number of esters is 1. The number of thioether (sulfide) groups is 1. The molecule has 1 aromatic carbocycles. The Morgan fingerprint density at radius 1 is 0.917 bits per heavy atom. The SMILES string of the molecule is CCC=CCC=CCC=CCC=CCCSC(CC)(CC)C(=O)NCCOC(=O)c1ccccc1O. The highest BCUT2D eigenvalue weighted by molar-refractivity contribution is 8.01. The van der Waals surface area contributed by atoms with Crippen molar-refractivity contribution in [2.24, 2.45) is 0 Å². The van der Waals surface area contributed by atoms with Gasteiger partial charge in [0.2, 0.25) is 5.91 Å². The lowest BCUT2D eigenvalue weighted by atomic mass is 10.0. The second-order valence-electron chi connectivity index (χ2n) is 8.25. The molecule has 0 bridgehead atoms. The van der Waals surface area contributed by atoms with Crippen molar-refractivity contribution >= 4 is 23.6 Å². The van der Waals surface area contributed by atoms with E-state index in [1.807, 2.05) is 13.8 Å². The standard InChI is InChI=1S/C30H43NO4S/c1-4-7-8-9-10-11-12-13-14-15-16-17-20-25-36-30(5-2,6-3)29(34)31-23-24-35-28(33)26-21-18-19-22-27(26)32/h7-8,10-11,13-14,16-19,21-22,32H,4-6,9,12,15,20,23-25H2,1-3H3,(H,31,34). The second-order valence-corrected chi connectivity index (χ2v) is 9.73. The molecule has 0 saturated heterocycles. The first kappa shape index (κ1) is 31.3. The largest absolute Gasteiger partial charge is 0.507 e. The zero-order valence-corrected chi connectivity index (χ0v) is 22.9. The van der Waals surface area contributed by atoms with Gasteiger partial charge in [-0.05, 0) is 62.8 Å². The van der Waals surface area contributed by atoms with Gasteiger partial charge in [-0.2, -0.15) is 0 Å². The number of amides is 1. The maximum absolute atomic E-state index is 12.9. The van der Waals surface area contributed by atoms with Gasteiger partial charge in [0.15, 0.2) is 0 Å². The first-order valence-corrected chi connectivity index (χ1v) is 14.0. The number of phenols is 1. The molecule has 0 aliphatic carbocycles. The summed E-state index contributed by atoms with van der Waals surface area (Å²) in [6, 6.07) is 6.24. The zero-order chi connectivity index (χ0) is 26.5. The summed E-state index contributed by atoms with van der Waals surface area (Å²) in [6.07, 6.45) is 23.8. The predicted molar refractivity (Wildman–Crippen MR) is 152 cm³/mol. The highest BCUT2D eigenvalue weighted by atomic mass is 32.2. The third-order valence-electron chi connectivity index (χ3n) is 5.68. The molecule has 0 heterocycles. The molecule has 0 aliphatic heterocycles. The minimum atomic E-state index is -0.605. The van der Waals surface area contributed by atoms with Crippen molar-refractivity contribution in [3.8, 4) is 5.75 Å². The van der Waals surface area contributed by atoms with Crippen LogP contribution in [0, 0.1) is 0 Å². The van der Waals surface area contributed by atoms with Crippen LogP contribution in [-0.2, 0) is 9.53 Å². The molecule has 0 radical (unpaired) electrons. The fourth-order valence-electron chi connectivity index (χ4n) is 3.45. The van der Waals surface area contributed by atoms with Gasteiger partial charge in [-0.3, -0.25) is 4.79 Å². The van der Waals surface area contributed by atoms with Crippen LogP contribution in [-0.4, -0.2) is 40.6 Å². The number of hydrogen-bond acceptors (Lipinski definition) is 5. The molecule has 1 aromatic rings. The van der Waals surface area contributed by atoms with E-state index in [1.165, 1.54) is 12.1 Å². The average molecular weight is 514 g/mol. The molecule has 1 rings (SSSR count). The molecule has 36 heavy (non-hydrogen) atoms. The van der Waals surface area contributed by atoms with Gasteiger partial charge in [0.1, 0.15) is 17.9 Å². The Balaban J connectivity index is 2.31. The van der Waals surface area contributed by atoms with Crippen LogP contribution in [0.4, 0.5) is 0 Å². The van der Waals surface area contributed by atoms with Gasteiger partial charge in [-0.15, -0.1) is 11.8 Å². The van der Waals surface area contributed by atoms with E-state index >= 15 is 0 Å². The first-order chi connectivity index (χ1) is 17.5. The van der Waals surface area contributed by atoms with Gasteiger partial charge < -0.3 is 15.2 Å². The molecular formula is C30H43NO4S. The van der Waals surface area contributed by atoms with Crippen LogP contribution < -0.4 is 5.32 Å². The number of benzene rings is 1. The van der Waals surface area contributed by atoms with Crippen molar-refractivity contribution < 1.29 is 19.4 Å². The Labute approximate surface area is 221 Å². The molecule has 0 aromatic heterocycles. The van der Waals surface area contributed by atoms with Gasteiger partial charge in [-0.1, -0.05) is 81.5 Å². The lowest BCUT2D eigenvalue weighted by molar-refractivity contribution is -0.123. The summed E-state index contributed by atoms with van der Waals surface area (Å²) in [7, 11) is 0. The van der Waals surface area contributed by atoms with Crippen LogP contribution in [0.25, 0.3) is 0 Å². The number of ether oxygens (including phenoxy) is 1. The quantitative estimate of drug-likeness (QED) is 0.124. The zero-order valence-electron chi connectivity index (χ0n) is 22.1. The topological polar surface area (TPSA) is 75.6 Å². The molecule has 0 spiro atoms. The van der Waals surface area contributed by atoms with E-state index in [4.69, 9.17) is 4.74 Å². The molecule has 5 nitrogen and oxygen atoms in total. The summed E-state index contributed by atoms with van der Waals surface area (Å²) >= 11 is 1.69. The molecule has 2 N–H and O–H groups in total. The predicted octanol–water partition coefficient (Wildman–Crippen LogP) is 7.15. The van der Waals surface area contributed by atoms with Crippen molar-refractivity contribution in [1.82, 2.24) is 5.32 Å². The Hall–Kier alpha value is -2.73. The van der Waals surface area contributed by atoms with Crippen molar-refractivity contribution in [3.63, 3.8) is 0 Å². The van der Waals surface area contributed by atoms with E-state index in [2.05, 4.69) is 60.8 Å². The van der Waals surface area contributed by atoms with Crippen molar-refractivity contribution in [3.05, 3.63) is 78.4 Å². The molecule has 0 saturated carbocycles. The number of rotatable bonds is 18. The van der Waals surface area contributed by atoms with Gasteiger partial charge in [0, 0.05) is 0 Å². The lowest BCUT2D eigenvalue weighted by Gasteiger charge is -2.29. The number of phenolic OH excluding ortho intramolecular Hbond substituents is 1. The van der Waals surface area contributed by atoms with E-state index in [0.29, 0.717) is 0 Å². The summed E-state index contributed by atoms with van der Waals surface area (Å²) in [5.74, 6) is 0.117. The van der Waals surface area contributed by atoms with Gasteiger partial charge in [-0.25, -0.2) is 4.79 Å². The van der Waals surface area contributed by atoms with E-state index in [0.717, 1.165) is 50.7 Å². The number of aromatic hydroxyl groups is 1. The minimum Gasteiger partial charge on any atom is -0.507 e. The Bertz CT molecular complexity index is 885. The fraction of sp³-hybridized carbons (Fsp3) is 0.467.